The van der Waals surface area contributed by atoms with E-state index >= 15 is 0 Å². The van der Waals surface area contributed by atoms with Crippen LogP contribution in [0.3, 0.4) is 0 Å². The van der Waals surface area contributed by atoms with E-state index in [0.29, 0.717) is 33.8 Å². The predicted molar refractivity (Wildman–Crippen MR) is 198 cm³/mol. The summed E-state index contributed by atoms with van der Waals surface area (Å²) in [6, 6.07) is 37.5. The van der Waals surface area contributed by atoms with E-state index in [1.165, 1.54) is 110 Å². The first-order chi connectivity index (χ1) is 23.2. The first kappa shape index (κ1) is 29.3. The second kappa shape index (κ2) is 12.3. The second-order valence-electron chi connectivity index (χ2n) is 13.7. The monoisotopic (exact) mass is 731 g/mol. The van der Waals surface area contributed by atoms with Crippen molar-refractivity contribution in [2.75, 3.05) is 4.90 Å². The van der Waals surface area contributed by atoms with Gasteiger partial charge in [-0.1, -0.05) is 0 Å². The summed E-state index contributed by atoms with van der Waals surface area (Å²) in [4.78, 5) is 16.2. The van der Waals surface area contributed by atoms with Crippen molar-refractivity contribution in [3.8, 4) is 0 Å². The molecule has 0 unspecified atom stereocenters. The van der Waals surface area contributed by atoms with Crippen molar-refractivity contribution in [1.29, 1.82) is 0 Å². The van der Waals surface area contributed by atoms with Crippen LogP contribution < -0.4 is 10.3 Å². The van der Waals surface area contributed by atoms with Crippen LogP contribution in [0, 0.1) is 0 Å². The van der Waals surface area contributed by atoms with Crippen LogP contribution in [0.1, 0.15) is 87.2 Å². The molecule has 5 aromatic carbocycles. The van der Waals surface area contributed by atoms with Crippen molar-refractivity contribution < 1.29 is 4.42 Å². The number of hydrogen-bond acceptors (Lipinski definition) is 3. The minimum absolute atomic E-state index is 0.0514. The molecule has 0 spiro atoms. The number of hydrogen-bond donors (Lipinski definition) is 0. The Kier molecular flexibility index (Phi) is 7.68. The fourth-order valence-electron chi connectivity index (χ4n) is 8.39. The molecule has 0 saturated heterocycles. The van der Waals surface area contributed by atoms with Crippen molar-refractivity contribution >= 4 is 77.0 Å². The van der Waals surface area contributed by atoms with Crippen LogP contribution in [0.4, 0.5) is 17.1 Å². The third-order valence-electron chi connectivity index (χ3n) is 10.8. The molecule has 234 valence electrons. The standard InChI is InChI=1S/C43H39NO2Te/c45-42-35-20-7-8-23-39(35)46-40-27-41-36(26-37(40)42)34-21-11-22-38(43(34)47-41)44(32-18-9-16-30(24-32)28-12-3-1-4-13-28)33-19-10-17-31(25-33)29-14-5-2-6-15-29/h7-11,16-29H,1-6,12-15H2. The Balaban J connectivity index is 1.25. The maximum atomic E-state index is 13.6. The Morgan fingerprint density at radius 1 is 0.553 bits per heavy atom. The average Bonchev–Trinajstić information content (AvgIpc) is 3.50. The molecule has 3 nitrogen and oxygen atoms in total. The topological polar surface area (TPSA) is 33.5 Å². The van der Waals surface area contributed by atoms with Gasteiger partial charge in [-0.2, -0.15) is 0 Å². The third-order valence-corrected chi connectivity index (χ3v) is 14.2. The summed E-state index contributed by atoms with van der Waals surface area (Å²) < 4.78 is 9.10. The van der Waals surface area contributed by atoms with Crippen molar-refractivity contribution in [2.24, 2.45) is 0 Å². The van der Waals surface area contributed by atoms with Crippen LogP contribution in [-0.2, 0) is 0 Å². The predicted octanol–water partition coefficient (Wildman–Crippen LogP) is 11.9. The molecule has 2 saturated carbocycles. The molecule has 4 heteroatoms. The second-order valence-corrected chi connectivity index (χ2v) is 16.7. The summed E-state index contributed by atoms with van der Waals surface area (Å²) in [7, 11) is 0. The van der Waals surface area contributed by atoms with Crippen molar-refractivity contribution in [3.05, 3.63) is 124 Å². The normalized spacial score (nSPS) is 16.4. The molecule has 2 fully saturated rings. The minimum atomic E-state index is -0.749. The van der Waals surface area contributed by atoms with E-state index in [1.54, 1.807) is 0 Å². The summed E-state index contributed by atoms with van der Waals surface area (Å²) in [6.07, 6.45) is 13.2. The molecule has 47 heavy (non-hydrogen) atoms. The van der Waals surface area contributed by atoms with Gasteiger partial charge in [-0.25, -0.2) is 0 Å². The Morgan fingerprint density at radius 3 is 1.85 bits per heavy atom. The van der Waals surface area contributed by atoms with Gasteiger partial charge in [-0.3, -0.25) is 0 Å². The van der Waals surface area contributed by atoms with Crippen LogP contribution in [0.15, 0.2) is 112 Å². The van der Waals surface area contributed by atoms with Crippen LogP contribution in [0.25, 0.3) is 39.5 Å². The van der Waals surface area contributed by atoms with Crippen molar-refractivity contribution in [1.82, 2.24) is 0 Å². The maximum absolute atomic E-state index is 13.6. The Labute approximate surface area is 285 Å². The van der Waals surface area contributed by atoms with Gasteiger partial charge >= 0.3 is 287 Å². The van der Waals surface area contributed by atoms with Crippen LogP contribution in [0.5, 0.6) is 0 Å². The number of anilines is 3. The van der Waals surface area contributed by atoms with E-state index in [0.717, 1.165) is 0 Å². The van der Waals surface area contributed by atoms with Crippen LogP contribution >= 0.6 is 0 Å². The van der Waals surface area contributed by atoms with Crippen molar-refractivity contribution in [2.45, 2.75) is 76.0 Å². The molecule has 0 bridgehead atoms. The average molecular weight is 729 g/mol. The van der Waals surface area contributed by atoms with Gasteiger partial charge in [-0.15, -0.1) is 0 Å². The van der Waals surface area contributed by atoms with Crippen LogP contribution in [-0.4, -0.2) is 20.4 Å². The summed E-state index contributed by atoms with van der Waals surface area (Å²) >= 11 is -0.749. The van der Waals surface area contributed by atoms with E-state index in [9.17, 15) is 4.79 Å². The van der Waals surface area contributed by atoms with E-state index in [2.05, 4.69) is 83.8 Å². The Hall–Kier alpha value is -3.84. The third kappa shape index (κ3) is 5.31. The zero-order valence-electron chi connectivity index (χ0n) is 26.7. The molecular weight excluding hydrogens is 690 g/mol. The van der Waals surface area contributed by atoms with E-state index < -0.39 is 20.4 Å². The summed E-state index contributed by atoms with van der Waals surface area (Å²) in [5.41, 5.74) is 8.13. The zero-order valence-corrected chi connectivity index (χ0v) is 29.0. The summed E-state index contributed by atoms with van der Waals surface area (Å²) in [6.45, 7) is 0. The number of benzene rings is 5. The number of fused-ring (bicyclic) bond motifs is 5. The molecule has 0 radical (unpaired) electrons. The molecular formula is C43H39NO2Te. The Morgan fingerprint density at radius 2 is 1.17 bits per heavy atom. The molecule has 7 aromatic rings. The summed E-state index contributed by atoms with van der Waals surface area (Å²) in [5, 5.41) is 3.79. The number of rotatable bonds is 5. The number of para-hydroxylation sites is 1. The van der Waals surface area contributed by atoms with Gasteiger partial charge in [0.05, 0.1) is 0 Å². The molecule has 2 aliphatic carbocycles. The molecule has 0 atom stereocenters. The van der Waals surface area contributed by atoms with Gasteiger partial charge in [-0.05, 0) is 0 Å². The van der Waals surface area contributed by atoms with E-state index in [-0.39, 0.29) is 5.43 Å². The molecule has 2 aliphatic rings. The van der Waals surface area contributed by atoms with Gasteiger partial charge < -0.3 is 0 Å². The Bertz CT molecular complexity index is 2260. The van der Waals surface area contributed by atoms with E-state index in [4.69, 9.17) is 4.42 Å². The van der Waals surface area contributed by atoms with Gasteiger partial charge in [0.1, 0.15) is 0 Å². The SMILES string of the molecule is O=c1c2ccccc2oc2cc3[te]c4c(N(c5cccc(C6CCCCC6)c5)c5cccc(C6CCCCC6)c5)cccc4c3cc12. The molecule has 9 rings (SSSR count). The van der Waals surface area contributed by atoms with Gasteiger partial charge in [0, 0.05) is 0 Å². The molecule has 2 heterocycles. The van der Waals surface area contributed by atoms with Gasteiger partial charge in [0.15, 0.2) is 0 Å². The first-order valence-electron chi connectivity index (χ1n) is 17.5. The fraction of sp³-hybridized carbons (Fsp3) is 0.279. The molecule has 0 aliphatic heterocycles. The quantitative estimate of drug-likeness (QED) is 0.131. The summed E-state index contributed by atoms with van der Waals surface area (Å²) in [5.74, 6) is 1.29. The van der Waals surface area contributed by atoms with Crippen molar-refractivity contribution in [3.63, 3.8) is 0 Å². The molecule has 0 N–H and O–H groups in total. The zero-order chi connectivity index (χ0) is 31.3. The number of nitrogens with zero attached hydrogens (tertiary/aromatic N) is 1. The molecule has 0 amide bonds. The van der Waals surface area contributed by atoms with E-state index in [1.807, 2.05) is 24.3 Å². The molecule has 2 aromatic heterocycles. The van der Waals surface area contributed by atoms with Gasteiger partial charge in [0.2, 0.25) is 0 Å². The fourth-order valence-corrected chi connectivity index (χ4v) is 11.9. The van der Waals surface area contributed by atoms with Crippen LogP contribution in [0.2, 0.25) is 0 Å². The first-order valence-corrected chi connectivity index (χ1v) is 19.9. The van der Waals surface area contributed by atoms with Gasteiger partial charge in [0.25, 0.3) is 0 Å².